The fraction of sp³-hybridized carbons (Fsp3) is 0.438. The van der Waals surface area contributed by atoms with Crippen molar-refractivity contribution in [2.24, 2.45) is 0 Å². The van der Waals surface area contributed by atoms with Gasteiger partial charge in [0.15, 0.2) is 17.4 Å². The SMILES string of the molecule is Oc1cc(-c2ccc3c(N4CC5CCC(C4)N5)nc(OC[C@@]45CCCN4C[C@H](F)C5)nc3c2F)c2ccccc2c1F. The number of alkyl halides is 1. The first-order valence-electron chi connectivity index (χ1n) is 14.8. The van der Waals surface area contributed by atoms with Gasteiger partial charge in [0.1, 0.15) is 24.1 Å². The van der Waals surface area contributed by atoms with Crippen molar-refractivity contribution in [3.8, 4) is 22.9 Å². The lowest BCUT2D eigenvalue weighted by molar-refractivity contribution is 0.107. The molecule has 5 heterocycles. The maximum atomic E-state index is 16.6. The normalized spacial score (nSPS) is 27.3. The van der Waals surface area contributed by atoms with Crippen molar-refractivity contribution in [3.63, 3.8) is 0 Å². The molecule has 4 atom stereocenters. The molecule has 4 aliphatic rings. The summed E-state index contributed by atoms with van der Waals surface area (Å²) in [6.07, 6.45) is 3.51. The van der Waals surface area contributed by atoms with Crippen molar-refractivity contribution < 1.29 is 23.0 Å². The van der Waals surface area contributed by atoms with Gasteiger partial charge >= 0.3 is 6.01 Å². The zero-order chi connectivity index (χ0) is 28.6. The summed E-state index contributed by atoms with van der Waals surface area (Å²) in [6, 6.07) is 12.1. The van der Waals surface area contributed by atoms with Crippen LogP contribution in [0.4, 0.5) is 19.0 Å². The molecule has 3 aromatic carbocycles. The number of aromatic nitrogens is 2. The Bertz CT molecular complexity index is 1710. The summed E-state index contributed by atoms with van der Waals surface area (Å²) in [6.45, 7) is 2.97. The van der Waals surface area contributed by atoms with E-state index in [0.717, 1.165) is 45.3 Å². The summed E-state index contributed by atoms with van der Waals surface area (Å²) in [5.74, 6) is -1.27. The molecule has 0 aliphatic carbocycles. The minimum Gasteiger partial charge on any atom is -0.505 e. The first kappa shape index (κ1) is 26.0. The smallest absolute Gasteiger partial charge is 0.319 e. The number of anilines is 1. The van der Waals surface area contributed by atoms with Gasteiger partial charge in [0, 0.05) is 54.5 Å². The van der Waals surface area contributed by atoms with E-state index in [-0.39, 0.29) is 29.1 Å². The van der Waals surface area contributed by atoms with Gasteiger partial charge in [-0.2, -0.15) is 9.97 Å². The summed E-state index contributed by atoms with van der Waals surface area (Å²) in [5, 5.41) is 15.2. The summed E-state index contributed by atoms with van der Waals surface area (Å²) >= 11 is 0. The van der Waals surface area contributed by atoms with Crippen LogP contribution in [0.2, 0.25) is 0 Å². The highest BCUT2D eigenvalue weighted by Gasteiger charge is 2.49. The van der Waals surface area contributed by atoms with Crippen LogP contribution < -0.4 is 15.0 Å². The molecule has 4 fully saturated rings. The second-order valence-corrected chi connectivity index (χ2v) is 12.4. The predicted octanol–water partition coefficient (Wildman–Crippen LogP) is 5.33. The topological polar surface area (TPSA) is 73.8 Å². The highest BCUT2D eigenvalue weighted by Crippen LogP contribution is 2.42. The average molecular weight is 576 g/mol. The molecule has 4 aromatic rings. The average Bonchev–Trinajstić information content (AvgIpc) is 3.64. The van der Waals surface area contributed by atoms with Gasteiger partial charge in [-0.25, -0.2) is 13.2 Å². The molecule has 2 N–H and O–H groups in total. The van der Waals surface area contributed by atoms with Gasteiger partial charge in [0.25, 0.3) is 0 Å². The van der Waals surface area contributed by atoms with Gasteiger partial charge in [-0.05, 0) is 55.3 Å². The van der Waals surface area contributed by atoms with Gasteiger partial charge < -0.3 is 20.1 Å². The minimum atomic E-state index is -0.889. The van der Waals surface area contributed by atoms with Gasteiger partial charge in [-0.15, -0.1) is 0 Å². The number of rotatable bonds is 5. The molecule has 42 heavy (non-hydrogen) atoms. The van der Waals surface area contributed by atoms with Crippen LogP contribution in [-0.4, -0.2) is 76.6 Å². The van der Waals surface area contributed by atoms with Crippen LogP contribution in [0.3, 0.4) is 0 Å². The number of nitrogens with zero attached hydrogens (tertiary/aromatic N) is 4. The van der Waals surface area contributed by atoms with Crippen LogP contribution in [0.15, 0.2) is 42.5 Å². The summed E-state index contributed by atoms with van der Waals surface area (Å²) in [7, 11) is 0. The van der Waals surface area contributed by atoms with Crippen LogP contribution in [-0.2, 0) is 0 Å². The largest absolute Gasteiger partial charge is 0.505 e. The number of nitrogens with one attached hydrogen (secondary N) is 1. The minimum absolute atomic E-state index is 0.0646. The summed E-state index contributed by atoms with van der Waals surface area (Å²) in [4.78, 5) is 13.8. The molecule has 7 nitrogen and oxygen atoms in total. The Labute approximate surface area is 241 Å². The first-order valence-corrected chi connectivity index (χ1v) is 14.8. The third-order valence-electron chi connectivity index (χ3n) is 9.76. The Morgan fingerprint density at radius 2 is 1.74 bits per heavy atom. The maximum absolute atomic E-state index is 16.6. The van der Waals surface area contributed by atoms with Crippen molar-refractivity contribution in [3.05, 3.63) is 54.1 Å². The molecule has 4 saturated heterocycles. The van der Waals surface area contributed by atoms with E-state index in [1.54, 1.807) is 36.4 Å². The molecule has 1 aromatic heterocycles. The lowest BCUT2D eigenvalue weighted by Crippen LogP contribution is -2.51. The van der Waals surface area contributed by atoms with E-state index in [1.165, 1.54) is 6.07 Å². The molecule has 10 heteroatoms. The second-order valence-electron chi connectivity index (χ2n) is 12.4. The number of phenols is 1. The number of ether oxygens (including phenoxy) is 1. The molecule has 2 bridgehead atoms. The lowest BCUT2D eigenvalue weighted by Gasteiger charge is -2.34. The first-order chi connectivity index (χ1) is 20.4. The van der Waals surface area contributed by atoms with Crippen molar-refractivity contribution in [1.82, 2.24) is 20.2 Å². The Hall–Kier alpha value is -3.63. The van der Waals surface area contributed by atoms with Gasteiger partial charge in [-0.3, -0.25) is 4.90 Å². The van der Waals surface area contributed by atoms with E-state index in [0.29, 0.717) is 47.2 Å². The predicted molar refractivity (Wildman–Crippen MR) is 155 cm³/mol. The van der Waals surface area contributed by atoms with E-state index in [1.807, 2.05) is 0 Å². The fourth-order valence-corrected chi connectivity index (χ4v) is 7.80. The number of hydrogen-bond acceptors (Lipinski definition) is 7. The molecular weight excluding hydrogens is 543 g/mol. The summed E-state index contributed by atoms with van der Waals surface area (Å²) < 4.78 is 52.0. The molecule has 0 amide bonds. The summed E-state index contributed by atoms with van der Waals surface area (Å²) in [5.41, 5.74) is 0.271. The lowest BCUT2D eigenvalue weighted by atomic mass is 9.95. The number of piperazine rings is 1. The van der Waals surface area contributed by atoms with Crippen LogP contribution >= 0.6 is 0 Å². The highest BCUT2D eigenvalue weighted by molar-refractivity contribution is 6.01. The van der Waals surface area contributed by atoms with Crippen LogP contribution in [0.1, 0.15) is 32.1 Å². The Balaban J connectivity index is 1.25. The molecule has 4 aliphatic heterocycles. The quantitative estimate of drug-likeness (QED) is 0.333. The Kier molecular flexibility index (Phi) is 6.01. The van der Waals surface area contributed by atoms with Gasteiger partial charge in [0.05, 0.1) is 5.54 Å². The molecule has 0 radical (unpaired) electrons. The van der Waals surface area contributed by atoms with E-state index >= 15 is 4.39 Å². The number of fused-ring (bicyclic) bond motifs is 5. The zero-order valence-electron chi connectivity index (χ0n) is 23.1. The van der Waals surface area contributed by atoms with E-state index in [2.05, 4.69) is 20.1 Å². The highest BCUT2D eigenvalue weighted by atomic mass is 19.1. The van der Waals surface area contributed by atoms with Crippen molar-refractivity contribution in [2.45, 2.75) is 55.9 Å². The second kappa shape index (κ2) is 9.70. The number of aromatic hydroxyl groups is 1. The number of halogens is 3. The third kappa shape index (κ3) is 4.10. The maximum Gasteiger partial charge on any atom is 0.319 e. The zero-order valence-corrected chi connectivity index (χ0v) is 23.1. The molecule has 218 valence electrons. The monoisotopic (exact) mass is 575 g/mol. The molecular formula is C32H32F3N5O2. The van der Waals surface area contributed by atoms with Gasteiger partial charge in [0.2, 0.25) is 0 Å². The molecule has 0 saturated carbocycles. The van der Waals surface area contributed by atoms with Crippen molar-refractivity contribution >= 4 is 27.5 Å². The Morgan fingerprint density at radius 3 is 2.55 bits per heavy atom. The van der Waals surface area contributed by atoms with E-state index < -0.39 is 29.1 Å². The fourth-order valence-electron chi connectivity index (χ4n) is 7.80. The molecule has 8 rings (SSSR count). The van der Waals surface area contributed by atoms with Crippen molar-refractivity contribution in [1.29, 1.82) is 0 Å². The standard InChI is InChI=1S/C32H32F3N5O2/c33-18-13-32(10-3-11-40(32)14-18)17-42-31-37-29-24(30(38-31)39-15-19-6-7-20(16-39)36-19)9-8-23(28(29)35)25-12-26(41)27(34)22-5-2-1-4-21(22)25/h1-2,4-5,8-9,12,18-20,36,41H,3,6-7,10-11,13-17H2/t18-,19?,20?,32+/m1/s1. The van der Waals surface area contributed by atoms with E-state index in [9.17, 15) is 13.9 Å². The van der Waals surface area contributed by atoms with Crippen molar-refractivity contribution in [2.75, 3.05) is 37.7 Å². The van der Waals surface area contributed by atoms with Gasteiger partial charge in [-0.1, -0.05) is 30.3 Å². The van der Waals surface area contributed by atoms with Crippen LogP contribution in [0.5, 0.6) is 11.8 Å². The Morgan fingerprint density at radius 1 is 0.952 bits per heavy atom. The van der Waals surface area contributed by atoms with Crippen LogP contribution in [0, 0.1) is 11.6 Å². The van der Waals surface area contributed by atoms with Crippen LogP contribution in [0.25, 0.3) is 32.8 Å². The number of hydrogen-bond donors (Lipinski definition) is 2. The van der Waals surface area contributed by atoms with E-state index in [4.69, 9.17) is 9.72 Å². The number of phenolic OH excluding ortho intramolecular Hbond substituents is 1. The molecule has 0 spiro atoms. The third-order valence-corrected chi connectivity index (χ3v) is 9.76. The number of benzene rings is 3. The molecule has 2 unspecified atom stereocenters.